The van der Waals surface area contributed by atoms with E-state index in [1.807, 2.05) is 19.3 Å². The van der Waals surface area contributed by atoms with Gasteiger partial charge >= 0.3 is 0 Å². The normalized spacial score (nSPS) is 25.3. The molecule has 3 rings (SSSR count). The van der Waals surface area contributed by atoms with Crippen molar-refractivity contribution in [3.8, 4) is 0 Å². The topological polar surface area (TPSA) is 50.6 Å². The zero-order chi connectivity index (χ0) is 16.9. The number of ether oxygens (including phenoxy) is 1. The lowest BCUT2D eigenvalue weighted by Gasteiger charge is -2.34. The molecule has 6 nitrogen and oxygen atoms in total. The summed E-state index contributed by atoms with van der Waals surface area (Å²) < 4.78 is 7.58. The lowest BCUT2D eigenvalue weighted by atomic mass is 9.99. The summed E-state index contributed by atoms with van der Waals surface area (Å²) in [7, 11) is 0. The Morgan fingerprint density at radius 3 is 2.79 bits per heavy atom. The fourth-order valence-corrected chi connectivity index (χ4v) is 3.98. The van der Waals surface area contributed by atoms with Crippen LogP contribution in [-0.4, -0.2) is 70.7 Å². The number of hydrogen-bond acceptors (Lipinski definition) is 4. The predicted molar refractivity (Wildman–Crippen MR) is 92.7 cm³/mol. The van der Waals surface area contributed by atoms with Crippen LogP contribution in [0.2, 0.25) is 0 Å². The Morgan fingerprint density at radius 2 is 2.12 bits per heavy atom. The number of nitrogens with zero attached hydrogens (tertiary/aromatic N) is 4. The van der Waals surface area contributed by atoms with Crippen molar-refractivity contribution in [1.82, 2.24) is 19.4 Å². The summed E-state index contributed by atoms with van der Waals surface area (Å²) in [6.45, 7) is 10.6. The van der Waals surface area contributed by atoms with Crippen LogP contribution < -0.4 is 0 Å². The first-order valence-electron chi connectivity index (χ1n) is 9.26. The summed E-state index contributed by atoms with van der Waals surface area (Å²) in [6, 6.07) is 0.513. The van der Waals surface area contributed by atoms with Crippen molar-refractivity contribution < 1.29 is 9.53 Å². The number of carbonyl (C=O) groups excluding carboxylic acids is 1. The molecule has 2 fully saturated rings. The molecule has 6 heteroatoms. The van der Waals surface area contributed by atoms with Gasteiger partial charge in [-0.3, -0.25) is 9.69 Å². The molecular formula is C18H30N4O2. The molecule has 2 unspecified atom stereocenters. The van der Waals surface area contributed by atoms with E-state index >= 15 is 0 Å². The van der Waals surface area contributed by atoms with Gasteiger partial charge in [-0.1, -0.05) is 13.3 Å². The molecule has 0 N–H and O–H groups in total. The Labute approximate surface area is 144 Å². The van der Waals surface area contributed by atoms with Gasteiger partial charge in [0.05, 0.1) is 13.2 Å². The van der Waals surface area contributed by atoms with Crippen molar-refractivity contribution in [2.45, 2.75) is 45.7 Å². The fourth-order valence-electron chi connectivity index (χ4n) is 3.98. The van der Waals surface area contributed by atoms with E-state index < -0.39 is 0 Å². The molecule has 0 bridgehead atoms. The average molecular weight is 334 g/mol. The molecule has 0 aliphatic carbocycles. The molecule has 0 aromatic carbocycles. The third-order valence-electron chi connectivity index (χ3n) is 5.51. The number of likely N-dealkylation sites (tertiary alicyclic amines) is 1. The Balaban J connectivity index is 1.49. The van der Waals surface area contributed by atoms with Crippen molar-refractivity contribution >= 4 is 5.91 Å². The van der Waals surface area contributed by atoms with Gasteiger partial charge in [0.1, 0.15) is 5.82 Å². The molecular weight excluding hydrogens is 304 g/mol. The average Bonchev–Trinajstić information content (AvgIpc) is 3.22. The minimum absolute atomic E-state index is 0.307. The van der Waals surface area contributed by atoms with Gasteiger partial charge in [-0.2, -0.15) is 0 Å². The number of aryl methyl sites for hydroxylation is 2. The standard InChI is InChI=1S/C18H30N4O2/c1-3-16-13-22(14-17(16)21-9-11-24-12-10-21)18(23)5-4-7-20-8-6-19-15(20)2/h6,8,16-17H,3-5,7,9-14H2,1-2H3. The van der Waals surface area contributed by atoms with E-state index in [4.69, 9.17) is 4.74 Å². The van der Waals surface area contributed by atoms with E-state index in [1.165, 1.54) is 0 Å². The van der Waals surface area contributed by atoms with Crippen LogP contribution in [0.25, 0.3) is 0 Å². The van der Waals surface area contributed by atoms with Gasteiger partial charge in [0.25, 0.3) is 0 Å². The van der Waals surface area contributed by atoms with Gasteiger partial charge in [-0.15, -0.1) is 0 Å². The van der Waals surface area contributed by atoms with E-state index in [-0.39, 0.29) is 0 Å². The Bertz CT molecular complexity index is 539. The van der Waals surface area contributed by atoms with Crippen LogP contribution in [0.4, 0.5) is 0 Å². The highest BCUT2D eigenvalue weighted by atomic mass is 16.5. The van der Waals surface area contributed by atoms with Gasteiger partial charge < -0.3 is 14.2 Å². The molecule has 134 valence electrons. The summed E-state index contributed by atoms with van der Waals surface area (Å²) in [4.78, 5) is 21.5. The van der Waals surface area contributed by atoms with E-state index in [1.54, 1.807) is 0 Å². The number of hydrogen-bond donors (Lipinski definition) is 0. The van der Waals surface area contributed by atoms with Gasteiger partial charge in [0.2, 0.25) is 5.91 Å². The maximum Gasteiger partial charge on any atom is 0.222 e. The molecule has 0 spiro atoms. The summed E-state index contributed by atoms with van der Waals surface area (Å²) >= 11 is 0. The molecule has 3 heterocycles. The van der Waals surface area contributed by atoms with Crippen molar-refractivity contribution in [3.05, 3.63) is 18.2 Å². The van der Waals surface area contributed by atoms with E-state index in [9.17, 15) is 4.79 Å². The van der Waals surface area contributed by atoms with Crippen molar-refractivity contribution in [3.63, 3.8) is 0 Å². The molecule has 0 saturated carbocycles. The van der Waals surface area contributed by atoms with Crippen molar-refractivity contribution in [1.29, 1.82) is 0 Å². The first-order valence-corrected chi connectivity index (χ1v) is 9.26. The molecule has 0 radical (unpaired) electrons. The van der Waals surface area contributed by atoms with Crippen molar-refractivity contribution in [2.24, 2.45) is 5.92 Å². The highest BCUT2D eigenvalue weighted by Gasteiger charge is 2.37. The molecule has 2 saturated heterocycles. The van der Waals surface area contributed by atoms with Gasteiger partial charge in [-0.05, 0) is 19.3 Å². The van der Waals surface area contributed by atoms with E-state index in [0.29, 0.717) is 24.3 Å². The zero-order valence-corrected chi connectivity index (χ0v) is 15.0. The van der Waals surface area contributed by atoms with E-state index in [0.717, 1.165) is 64.6 Å². The van der Waals surface area contributed by atoms with Crippen LogP contribution in [0.5, 0.6) is 0 Å². The largest absolute Gasteiger partial charge is 0.379 e. The molecule has 1 aromatic rings. The Morgan fingerprint density at radius 1 is 1.33 bits per heavy atom. The highest BCUT2D eigenvalue weighted by molar-refractivity contribution is 5.76. The lowest BCUT2D eigenvalue weighted by molar-refractivity contribution is -0.130. The maximum absolute atomic E-state index is 12.6. The molecule has 1 amide bonds. The van der Waals surface area contributed by atoms with Crippen LogP contribution in [0, 0.1) is 12.8 Å². The minimum Gasteiger partial charge on any atom is -0.379 e. The second-order valence-electron chi connectivity index (χ2n) is 6.95. The second kappa shape index (κ2) is 8.12. The number of morpholine rings is 1. The first kappa shape index (κ1) is 17.4. The number of rotatable bonds is 6. The third-order valence-corrected chi connectivity index (χ3v) is 5.51. The maximum atomic E-state index is 12.6. The SMILES string of the molecule is CCC1CN(C(=O)CCCn2ccnc2C)CC1N1CCOCC1. The van der Waals surface area contributed by atoms with Crippen LogP contribution >= 0.6 is 0 Å². The van der Waals surface area contributed by atoms with Gasteiger partial charge in [-0.25, -0.2) is 4.98 Å². The van der Waals surface area contributed by atoms with Gasteiger partial charge in [0, 0.05) is 57.6 Å². The minimum atomic E-state index is 0.307. The second-order valence-corrected chi connectivity index (χ2v) is 6.95. The van der Waals surface area contributed by atoms with Crippen molar-refractivity contribution in [2.75, 3.05) is 39.4 Å². The highest BCUT2D eigenvalue weighted by Crippen LogP contribution is 2.26. The molecule has 2 aliphatic heterocycles. The number of imidazole rings is 1. The summed E-state index contributed by atoms with van der Waals surface area (Å²) in [5.74, 6) is 1.92. The quantitative estimate of drug-likeness (QED) is 0.792. The van der Waals surface area contributed by atoms with Crippen LogP contribution in [0.1, 0.15) is 32.0 Å². The number of carbonyl (C=O) groups is 1. The number of amides is 1. The molecule has 2 atom stereocenters. The first-order chi connectivity index (χ1) is 11.7. The monoisotopic (exact) mass is 334 g/mol. The summed E-state index contributed by atoms with van der Waals surface area (Å²) in [6.07, 6.45) is 6.45. The van der Waals surface area contributed by atoms with Crippen LogP contribution in [-0.2, 0) is 16.1 Å². The predicted octanol–water partition coefficient (Wildman–Crippen LogP) is 1.54. The van der Waals surface area contributed by atoms with E-state index in [2.05, 4.69) is 26.3 Å². The summed E-state index contributed by atoms with van der Waals surface area (Å²) in [5.41, 5.74) is 0. The Hall–Kier alpha value is -1.40. The molecule has 1 aromatic heterocycles. The molecule has 24 heavy (non-hydrogen) atoms. The Kier molecular flexibility index (Phi) is 5.89. The van der Waals surface area contributed by atoms with Crippen LogP contribution in [0.15, 0.2) is 12.4 Å². The number of aromatic nitrogens is 2. The third kappa shape index (κ3) is 3.98. The summed E-state index contributed by atoms with van der Waals surface area (Å²) in [5, 5.41) is 0. The van der Waals surface area contributed by atoms with Crippen LogP contribution in [0.3, 0.4) is 0 Å². The fraction of sp³-hybridized carbons (Fsp3) is 0.778. The lowest BCUT2D eigenvalue weighted by Crippen LogP contribution is -2.47. The zero-order valence-electron chi connectivity index (χ0n) is 15.0. The van der Waals surface area contributed by atoms with Gasteiger partial charge in [0.15, 0.2) is 0 Å². The molecule has 2 aliphatic rings. The smallest absolute Gasteiger partial charge is 0.222 e.